The fourth-order valence-corrected chi connectivity index (χ4v) is 2.56. The number of anilines is 1. The zero-order chi connectivity index (χ0) is 16.4. The van der Waals surface area contributed by atoms with Crippen molar-refractivity contribution >= 4 is 22.4 Å². The number of pyridine rings is 1. The third-order valence-corrected chi connectivity index (χ3v) is 3.74. The van der Waals surface area contributed by atoms with Crippen LogP contribution in [0.15, 0.2) is 46.7 Å². The quantitative estimate of drug-likeness (QED) is 0.774. The van der Waals surface area contributed by atoms with E-state index in [0.717, 1.165) is 23.5 Å². The number of hydrogen-bond acceptors (Lipinski definition) is 4. The number of halogens is 2. The summed E-state index contributed by atoms with van der Waals surface area (Å²) in [6.45, 7) is 0. The van der Waals surface area contributed by atoms with Gasteiger partial charge in [0.2, 0.25) is 5.56 Å². The van der Waals surface area contributed by atoms with Crippen LogP contribution in [0.1, 0.15) is 10.4 Å². The van der Waals surface area contributed by atoms with Gasteiger partial charge in [-0.2, -0.15) is 0 Å². The van der Waals surface area contributed by atoms with Crippen LogP contribution >= 0.6 is 11.3 Å². The molecule has 1 amide bonds. The molecular weight excluding hydrogens is 324 g/mol. The highest BCUT2D eigenvalue weighted by Crippen LogP contribution is 2.26. The first-order valence-electron chi connectivity index (χ1n) is 6.44. The van der Waals surface area contributed by atoms with Crippen LogP contribution in [0.25, 0.3) is 11.3 Å². The molecule has 116 valence electrons. The predicted octanol–water partition coefficient (Wildman–Crippen LogP) is 3.03. The minimum atomic E-state index is -0.964. The van der Waals surface area contributed by atoms with E-state index in [9.17, 15) is 18.4 Å². The molecule has 0 fully saturated rings. The summed E-state index contributed by atoms with van der Waals surface area (Å²) in [5.74, 6) is -2.34. The molecule has 0 aliphatic rings. The molecule has 0 unspecified atom stereocenters. The number of rotatable bonds is 3. The number of carbonyl (C=O) groups is 1. The maximum absolute atomic E-state index is 13.2. The number of carbonyl (C=O) groups excluding carboxylic acids is 1. The van der Waals surface area contributed by atoms with Crippen LogP contribution in [0.2, 0.25) is 0 Å². The van der Waals surface area contributed by atoms with Crippen LogP contribution in [-0.2, 0) is 0 Å². The lowest BCUT2D eigenvalue weighted by molar-refractivity contribution is 0.102. The van der Waals surface area contributed by atoms with Crippen molar-refractivity contribution in [1.29, 1.82) is 0 Å². The van der Waals surface area contributed by atoms with Gasteiger partial charge in [0.1, 0.15) is 0 Å². The number of thiazole rings is 1. The SMILES string of the molecule is O=C(Nc1nc(-c2ccc(F)c(F)c2)cs1)c1ccc(=O)[nH]c1. The molecule has 0 aliphatic heterocycles. The van der Waals surface area contributed by atoms with E-state index in [4.69, 9.17) is 0 Å². The number of H-pyrrole nitrogens is 1. The van der Waals surface area contributed by atoms with E-state index >= 15 is 0 Å². The molecule has 0 atom stereocenters. The van der Waals surface area contributed by atoms with Crippen molar-refractivity contribution in [3.8, 4) is 11.3 Å². The van der Waals surface area contributed by atoms with Gasteiger partial charge in [0, 0.05) is 23.2 Å². The lowest BCUT2D eigenvalue weighted by Gasteiger charge is -2.01. The molecule has 0 bridgehead atoms. The summed E-state index contributed by atoms with van der Waals surface area (Å²) in [5.41, 5.74) is 0.793. The summed E-state index contributed by atoms with van der Waals surface area (Å²) < 4.78 is 26.2. The van der Waals surface area contributed by atoms with E-state index in [0.29, 0.717) is 16.4 Å². The van der Waals surface area contributed by atoms with Gasteiger partial charge in [0.05, 0.1) is 11.3 Å². The largest absolute Gasteiger partial charge is 0.328 e. The van der Waals surface area contributed by atoms with Crippen molar-refractivity contribution in [3.05, 3.63) is 69.5 Å². The fourth-order valence-electron chi connectivity index (χ4n) is 1.84. The molecule has 3 rings (SSSR count). The number of nitrogens with zero attached hydrogens (tertiary/aromatic N) is 1. The van der Waals surface area contributed by atoms with E-state index in [1.807, 2.05) is 0 Å². The van der Waals surface area contributed by atoms with E-state index in [1.165, 1.54) is 24.4 Å². The Morgan fingerprint density at radius 3 is 2.70 bits per heavy atom. The zero-order valence-electron chi connectivity index (χ0n) is 11.5. The van der Waals surface area contributed by atoms with Crippen molar-refractivity contribution in [3.63, 3.8) is 0 Å². The van der Waals surface area contributed by atoms with Crippen LogP contribution in [-0.4, -0.2) is 15.9 Å². The van der Waals surface area contributed by atoms with Crippen molar-refractivity contribution in [2.45, 2.75) is 0 Å². The van der Waals surface area contributed by atoms with Gasteiger partial charge in [0.15, 0.2) is 16.8 Å². The van der Waals surface area contributed by atoms with Gasteiger partial charge in [-0.25, -0.2) is 13.8 Å². The second-order valence-corrected chi connectivity index (χ2v) is 5.42. The van der Waals surface area contributed by atoms with E-state index in [1.54, 1.807) is 5.38 Å². The molecule has 8 heteroatoms. The van der Waals surface area contributed by atoms with Crippen LogP contribution in [0.3, 0.4) is 0 Å². The average molecular weight is 333 g/mol. The van der Waals surface area contributed by atoms with Gasteiger partial charge >= 0.3 is 0 Å². The van der Waals surface area contributed by atoms with Gasteiger partial charge < -0.3 is 4.98 Å². The van der Waals surface area contributed by atoms with E-state index in [-0.39, 0.29) is 11.1 Å². The van der Waals surface area contributed by atoms with Gasteiger partial charge in [-0.3, -0.25) is 14.9 Å². The minimum absolute atomic E-state index is 0.272. The number of benzene rings is 1. The summed E-state index contributed by atoms with van der Waals surface area (Å²) in [6, 6.07) is 6.09. The Balaban J connectivity index is 1.79. The van der Waals surface area contributed by atoms with E-state index < -0.39 is 17.5 Å². The molecule has 0 saturated heterocycles. The van der Waals surface area contributed by atoms with Crippen molar-refractivity contribution in [2.24, 2.45) is 0 Å². The highest BCUT2D eigenvalue weighted by atomic mass is 32.1. The summed E-state index contributed by atoms with van der Waals surface area (Å²) in [6.07, 6.45) is 1.29. The molecule has 0 radical (unpaired) electrons. The van der Waals surface area contributed by atoms with Crippen LogP contribution < -0.4 is 10.9 Å². The lowest BCUT2D eigenvalue weighted by atomic mass is 10.2. The molecule has 0 saturated carbocycles. The summed E-state index contributed by atoms with van der Waals surface area (Å²) in [7, 11) is 0. The monoisotopic (exact) mass is 333 g/mol. The van der Waals surface area contributed by atoms with Gasteiger partial charge in [-0.05, 0) is 24.3 Å². The molecule has 3 aromatic rings. The van der Waals surface area contributed by atoms with E-state index in [2.05, 4.69) is 15.3 Å². The standard InChI is InChI=1S/C15H9F2N3O2S/c16-10-3-1-8(5-11(10)17)12-7-23-15(19-12)20-14(22)9-2-4-13(21)18-6-9/h1-7H,(H,18,21)(H,19,20,22). The Kier molecular flexibility index (Phi) is 3.98. The Morgan fingerprint density at radius 1 is 1.17 bits per heavy atom. The van der Waals surface area contributed by atoms with Crippen molar-refractivity contribution in [2.75, 3.05) is 5.32 Å². The predicted molar refractivity (Wildman–Crippen MR) is 82.5 cm³/mol. The Hall–Kier alpha value is -2.87. The molecule has 1 aromatic carbocycles. The van der Waals surface area contributed by atoms with Gasteiger partial charge in [-0.15, -0.1) is 11.3 Å². The average Bonchev–Trinajstić information content (AvgIpc) is 2.99. The van der Waals surface area contributed by atoms with Crippen LogP contribution in [0.4, 0.5) is 13.9 Å². The normalized spacial score (nSPS) is 10.5. The first-order chi connectivity index (χ1) is 11.0. The van der Waals surface area contributed by atoms with Gasteiger partial charge in [-0.1, -0.05) is 0 Å². The molecule has 0 aliphatic carbocycles. The smallest absolute Gasteiger partial charge is 0.258 e. The summed E-state index contributed by atoms with van der Waals surface area (Å²) >= 11 is 1.15. The molecule has 2 N–H and O–H groups in total. The highest BCUT2D eigenvalue weighted by Gasteiger charge is 2.11. The minimum Gasteiger partial charge on any atom is -0.328 e. The van der Waals surface area contributed by atoms with Gasteiger partial charge in [0.25, 0.3) is 5.91 Å². The summed E-state index contributed by atoms with van der Waals surface area (Å²) in [5, 5.41) is 4.50. The second-order valence-electron chi connectivity index (χ2n) is 4.56. The maximum atomic E-state index is 13.2. The molecular formula is C15H9F2N3O2S. The lowest BCUT2D eigenvalue weighted by Crippen LogP contribution is -2.14. The van der Waals surface area contributed by atoms with Crippen molar-refractivity contribution < 1.29 is 13.6 Å². The zero-order valence-corrected chi connectivity index (χ0v) is 12.3. The molecule has 2 aromatic heterocycles. The van der Waals surface area contributed by atoms with Crippen LogP contribution in [0, 0.1) is 11.6 Å². The third-order valence-electron chi connectivity index (χ3n) is 2.99. The molecule has 5 nitrogen and oxygen atoms in total. The number of hydrogen-bond donors (Lipinski definition) is 2. The Labute approximate surface area is 132 Å². The van der Waals surface area contributed by atoms with Crippen molar-refractivity contribution in [1.82, 2.24) is 9.97 Å². The molecule has 0 spiro atoms. The number of amides is 1. The first-order valence-corrected chi connectivity index (χ1v) is 7.32. The Morgan fingerprint density at radius 2 is 2.00 bits per heavy atom. The number of nitrogens with one attached hydrogen (secondary N) is 2. The highest BCUT2D eigenvalue weighted by molar-refractivity contribution is 7.14. The first kappa shape index (κ1) is 15.0. The Bertz CT molecular complexity index is 916. The third kappa shape index (κ3) is 3.32. The number of aromatic nitrogens is 2. The summed E-state index contributed by atoms with van der Waals surface area (Å²) in [4.78, 5) is 29.5. The molecule has 2 heterocycles. The van der Waals surface area contributed by atoms with Crippen LogP contribution in [0.5, 0.6) is 0 Å². The second kappa shape index (κ2) is 6.09. The fraction of sp³-hybridized carbons (Fsp3) is 0. The molecule has 23 heavy (non-hydrogen) atoms. The number of aromatic amines is 1. The maximum Gasteiger partial charge on any atom is 0.258 e. The topological polar surface area (TPSA) is 74.8 Å².